The molecule has 0 saturated heterocycles. The zero-order valence-corrected chi connectivity index (χ0v) is 77.5. The van der Waals surface area contributed by atoms with Gasteiger partial charge in [0.15, 0.2) is 0 Å². The number of nitrogens with zero attached hydrogens (tertiary/aromatic N) is 8. The first-order valence-electron chi connectivity index (χ1n) is 48.3. The van der Waals surface area contributed by atoms with E-state index in [4.69, 9.17) is 0 Å². The lowest BCUT2D eigenvalue weighted by atomic mass is 9.94. The molecular weight excluding hydrogens is 1740 g/mol. The van der Waals surface area contributed by atoms with Gasteiger partial charge in [0.25, 0.3) is 0 Å². The fraction of sp³-hybridized carbons (Fsp3) is 0.0152. The summed E-state index contributed by atoms with van der Waals surface area (Å²) in [6.07, 6.45) is 5.61. The molecule has 0 radical (unpaired) electrons. The van der Waals surface area contributed by atoms with Crippen molar-refractivity contribution in [2.75, 3.05) is 19.6 Å². The van der Waals surface area contributed by atoms with Gasteiger partial charge in [-0.3, -0.25) is 0 Å². The molecule has 4 heterocycles. The minimum Gasteiger partial charge on any atom is -0.334 e. The van der Waals surface area contributed by atoms with E-state index in [0.717, 1.165) is 152 Å². The lowest BCUT2D eigenvalue weighted by Gasteiger charge is -2.34. The Hall–Kier alpha value is -18.6. The van der Waals surface area contributed by atoms with Gasteiger partial charge in [-0.2, -0.15) is 0 Å². The van der Waals surface area contributed by atoms with E-state index in [0.29, 0.717) is 0 Å². The Morgan fingerprint density at radius 3 is 0.838 bits per heavy atom. The molecule has 0 saturated carbocycles. The van der Waals surface area contributed by atoms with Crippen LogP contribution in [-0.2, 0) is 6.42 Å². The molecule has 4 aromatic heterocycles. The quantitative estimate of drug-likeness (QED) is 0.0761. The zero-order valence-electron chi connectivity index (χ0n) is 77.5. The number of hydrogen-bond acceptors (Lipinski definition) is 4. The molecule has 0 N–H and O–H groups in total. The standard InChI is InChI=1S/C72H52N4.C60H40F2N4/c1-5-19-51(20-6-1)55-23-17-29-61(47-55)73(63-43-45-71-67(49-63)65-31-13-15-33-69(65)75(71)57-25-9-3-10-26-57)59-39-35-53(36-40-59)54-37-41-60(42-38-54)74(62-30-18-24-56(48-62)52-21-7-2-8-22-52)64-44-46-72-68(50-64)66-32-14-16-34-70(66)76(72)58-27-11-4-12-28-58;61-43-23-31-49(32-24-43)65-57-17-9-7-15-53(57)55-39-51(35-37-59(55)65)63(45-11-3-1-4-12-45)47-27-19-41(20-28-47)42-21-29-48(30-22-42)64(46-13-5-2-6-14-46)52-36-38-60-56(40-52)54-16-8-10-18-58(54)66(60)50-33-25-44(62)26-34-50/h1-49,64H,50H2;1-40H. The molecule has 1 aliphatic carbocycles. The second kappa shape index (κ2) is 36.8. The summed E-state index contributed by atoms with van der Waals surface area (Å²) >= 11 is 0. The number of anilines is 11. The van der Waals surface area contributed by atoms with E-state index in [-0.39, 0.29) is 17.7 Å². The van der Waals surface area contributed by atoms with Gasteiger partial charge in [-0.1, -0.05) is 285 Å². The Kier molecular flexibility index (Phi) is 22.0. The monoisotopic (exact) mass is 1830 g/mol. The van der Waals surface area contributed by atoms with Gasteiger partial charge in [0.1, 0.15) is 11.6 Å². The van der Waals surface area contributed by atoms with E-state index in [1.54, 1.807) is 0 Å². The summed E-state index contributed by atoms with van der Waals surface area (Å²) in [4.78, 5) is 9.52. The van der Waals surface area contributed by atoms with Crippen molar-refractivity contribution in [3.05, 3.63) is 557 Å². The average molecular weight is 1830 g/mol. The molecule has 674 valence electrons. The normalized spacial score (nSPS) is 12.3. The van der Waals surface area contributed by atoms with E-state index in [1.807, 2.05) is 48.5 Å². The molecule has 0 aliphatic heterocycles. The van der Waals surface area contributed by atoms with E-state index in [2.05, 4.69) is 505 Å². The maximum Gasteiger partial charge on any atom is 0.123 e. The molecule has 10 heteroatoms. The van der Waals surface area contributed by atoms with E-state index < -0.39 is 0 Å². The highest BCUT2D eigenvalue weighted by Crippen LogP contribution is 2.48. The molecule has 0 fully saturated rings. The van der Waals surface area contributed by atoms with Crippen molar-refractivity contribution >= 4 is 145 Å². The highest BCUT2D eigenvalue weighted by atomic mass is 19.1. The highest BCUT2D eigenvalue weighted by molar-refractivity contribution is 6.14. The SMILES string of the molecule is C1=CC(N(c2ccc(-c3ccc(N(c4cccc(-c5ccccc5)c4)c4ccc5c(c4)c4ccccc4n5-c4ccccc4)cc3)cc2)c2cccc(-c3ccccc3)c2)Cc2c1n(-c1ccccc1)c1ccccc21.Fc1ccc(-n2c3ccccc3c3cc(N(c4ccccc4)c4ccc(-c5ccc(N(c6ccccc6)c6ccc7c(c6)c6ccccc6n7-c6ccc(F)cc6)cc5)cc4)ccc32)cc1. The van der Waals surface area contributed by atoms with Gasteiger partial charge in [-0.25, -0.2) is 8.78 Å². The van der Waals surface area contributed by atoms with Crippen LogP contribution in [0.4, 0.5) is 71.3 Å². The molecule has 26 rings (SSSR count). The summed E-state index contributed by atoms with van der Waals surface area (Å²) in [6.45, 7) is 0. The van der Waals surface area contributed by atoms with Gasteiger partial charge >= 0.3 is 0 Å². The fourth-order valence-electron chi connectivity index (χ4n) is 21.3. The van der Waals surface area contributed by atoms with Crippen LogP contribution in [0, 0.1) is 11.6 Å². The van der Waals surface area contributed by atoms with Crippen LogP contribution >= 0.6 is 0 Å². The number of para-hydroxylation sites is 8. The van der Waals surface area contributed by atoms with Crippen LogP contribution in [0.25, 0.3) is 150 Å². The molecule has 25 aromatic rings. The minimum absolute atomic E-state index is 0.0687. The Morgan fingerprint density at radius 2 is 0.444 bits per heavy atom. The fourth-order valence-corrected chi connectivity index (χ4v) is 21.3. The van der Waals surface area contributed by atoms with Gasteiger partial charge in [-0.05, 0) is 311 Å². The second-order valence-corrected chi connectivity index (χ2v) is 36.2. The van der Waals surface area contributed by atoms with Crippen molar-refractivity contribution in [2.24, 2.45) is 0 Å². The van der Waals surface area contributed by atoms with Gasteiger partial charge < -0.3 is 37.9 Å². The van der Waals surface area contributed by atoms with Crippen LogP contribution in [0.1, 0.15) is 11.3 Å². The summed E-state index contributed by atoms with van der Waals surface area (Å²) in [5.74, 6) is -0.510. The number of hydrogen-bond donors (Lipinski definition) is 0. The van der Waals surface area contributed by atoms with Crippen LogP contribution in [0.2, 0.25) is 0 Å². The molecule has 1 aliphatic rings. The van der Waals surface area contributed by atoms with E-state index in [1.165, 1.54) is 96.2 Å². The Morgan fingerprint density at radius 1 is 0.183 bits per heavy atom. The summed E-state index contributed by atoms with van der Waals surface area (Å²) in [6, 6.07) is 185. The van der Waals surface area contributed by atoms with E-state index >= 15 is 0 Å². The van der Waals surface area contributed by atoms with Gasteiger partial charge in [0.2, 0.25) is 0 Å². The summed E-state index contributed by atoms with van der Waals surface area (Å²) < 4.78 is 37.2. The molecule has 142 heavy (non-hydrogen) atoms. The molecule has 0 spiro atoms. The number of rotatable bonds is 20. The average Bonchev–Trinajstić information content (AvgIpc) is 1.60. The van der Waals surface area contributed by atoms with E-state index in [9.17, 15) is 8.78 Å². The van der Waals surface area contributed by atoms with Crippen molar-refractivity contribution in [2.45, 2.75) is 12.5 Å². The third-order valence-corrected chi connectivity index (χ3v) is 27.8. The van der Waals surface area contributed by atoms with Gasteiger partial charge in [-0.15, -0.1) is 0 Å². The van der Waals surface area contributed by atoms with Crippen molar-refractivity contribution in [3.8, 4) is 67.3 Å². The largest absolute Gasteiger partial charge is 0.334 e. The Labute approximate surface area is 822 Å². The summed E-state index contributed by atoms with van der Waals surface area (Å²) in [5.41, 5.74) is 35.7. The van der Waals surface area contributed by atoms with Gasteiger partial charge in [0.05, 0.1) is 44.7 Å². The third kappa shape index (κ3) is 15.8. The third-order valence-electron chi connectivity index (χ3n) is 27.8. The van der Waals surface area contributed by atoms with Gasteiger partial charge in [0, 0.05) is 129 Å². The van der Waals surface area contributed by atoms with Crippen LogP contribution < -0.4 is 19.6 Å². The van der Waals surface area contributed by atoms with Crippen molar-refractivity contribution in [1.82, 2.24) is 18.3 Å². The molecule has 0 bridgehead atoms. The highest BCUT2D eigenvalue weighted by Gasteiger charge is 2.30. The predicted molar refractivity (Wildman–Crippen MR) is 590 cm³/mol. The number of benzene rings is 21. The molecule has 1 atom stereocenters. The van der Waals surface area contributed by atoms with Crippen LogP contribution in [0.15, 0.2) is 534 Å². The minimum atomic E-state index is -0.255. The predicted octanol–water partition coefficient (Wildman–Crippen LogP) is 35.7. The van der Waals surface area contributed by atoms with Crippen molar-refractivity contribution in [1.29, 1.82) is 0 Å². The summed E-state index contributed by atoms with van der Waals surface area (Å²) in [7, 11) is 0. The van der Waals surface area contributed by atoms with Crippen LogP contribution in [-0.4, -0.2) is 24.3 Å². The molecule has 8 nitrogen and oxygen atoms in total. The number of halogens is 2. The topological polar surface area (TPSA) is 32.7 Å². The molecule has 21 aromatic carbocycles. The lowest BCUT2D eigenvalue weighted by Crippen LogP contribution is -2.33. The first-order chi connectivity index (χ1) is 70.2. The second-order valence-electron chi connectivity index (χ2n) is 36.2. The first kappa shape index (κ1) is 85.1. The van der Waals surface area contributed by atoms with Crippen LogP contribution in [0.5, 0.6) is 0 Å². The lowest BCUT2D eigenvalue weighted by molar-refractivity contribution is 0.627. The Bertz CT molecular complexity index is 8730. The maximum atomic E-state index is 14.0. The Balaban J connectivity index is 0.000000151. The van der Waals surface area contributed by atoms with Crippen LogP contribution in [0.3, 0.4) is 0 Å². The maximum absolute atomic E-state index is 14.0. The first-order valence-corrected chi connectivity index (χ1v) is 48.3. The molecular formula is C132H92F2N8. The smallest absolute Gasteiger partial charge is 0.123 e. The van der Waals surface area contributed by atoms with Crippen molar-refractivity contribution in [3.63, 3.8) is 0 Å². The molecule has 0 amide bonds. The van der Waals surface area contributed by atoms with Crippen molar-refractivity contribution < 1.29 is 8.78 Å². The number of fused-ring (bicyclic) bond motifs is 12. The number of aromatic nitrogens is 4. The zero-order chi connectivity index (χ0) is 94.5. The molecule has 1 unspecified atom stereocenters. The summed E-state index contributed by atoms with van der Waals surface area (Å²) in [5, 5.41) is 8.23.